The molecule has 1 heterocycles. The van der Waals surface area contributed by atoms with Crippen LogP contribution in [0, 0.1) is 14.0 Å². The maximum atomic E-state index is 4.94. The molecule has 0 aliphatic carbocycles. The lowest BCUT2D eigenvalue weighted by Gasteiger charge is -2.14. The molecule has 56 valence electrons. The van der Waals surface area contributed by atoms with E-state index in [4.69, 9.17) is 4.52 Å². The van der Waals surface area contributed by atoms with E-state index in [0.717, 1.165) is 11.5 Å². The Labute approximate surface area is 60.6 Å². The van der Waals surface area contributed by atoms with Crippen molar-refractivity contribution < 1.29 is 4.52 Å². The van der Waals surface area contributed by atoms with Crippen LogP contribution in [0.4, 0.5) is 0 Å². The van der Waals surface area contributed by atoms with Crippen LogP contribution < -0.4 is 0 Å². The fourth-order valence-electron chi connectivity index (χ4n) is 0.757. The van der Waals surface area contributed by atoms with Crippen molar-refractivity contribution in [2.45, 2.75) is 13.5 Å². The van der Waals surface area contributed by atoms with Gasteiger partial charge in [-0.25, -0.2) is 0 Å². The third-order valence-electron chi connectivity index (χ3n) is 1.10. The minimum absolute atomic E-state index is 0.709. The van der Waals surface area contributed by atoms with Gasteiger partial charge >= 0.3 is 0 Å². The zero-order valence-corrected chi connectivity index (χ0v) is 6.29. The summed E-state index contributed by atoms with van der Waals surface area (Å²) in [5.74, 6) is 0.856. The maximum absolute atomic E-state index is 4.94. The molecule has 0 bridgehead atoms. The van der Waals surface area contributed by atoms with Crippen molar-refractivity contribution in [3.8, 4) is 0 Å². The molecule has 3 nitrogen and oxygen atoms in total. The summed E-state index contributed by atoms with van der Waals surface area (Å²) in [4.78, 5) is 1.79. The highest BCUT2D eigenvalue weighted by molar-refractivity contribution is 5.02. The molecule has 0 spiro atoms. The summed E-state index contributed by atoms with van der Waals surface area (Å²) in [7, 11) is 5.58. The highest BCUT2D eigenvalue weighted by Gasteiger charge is 1.97. The molecule has 0 fully saturated rings. The number of nitrogens with zero attached hydrogens (tertiary/aromatic N) is 2. The Morgan fingerprint density at radius 3 is 2.90 bits per heavy atom. The first-order chi connectivity index (χ1) is 4.68. The van der Waals surface area contributed by atoms with Crippen molar-refractivity contribution in [3.63, 3.8) is 0 Å². The lowest BCUT2D eigenvalue weighted by molar-refractivity contribution is 0.324. The van der Waals surface area contributed by atoms with Gasteiger partial charge in [-0.05, 0) is 14.0 Å². The van der Waals surface area contributed by atoms with Gasteiger partial charge in [0.15, 0.2) is 0 Å². The van der Waals surface area contributed by atoms with E-state index in [0.29, 0.717) is 6.54 Å². The minimum atomic E-state index is 0.709. The number of hydrogen-bond acceptors (Lipinski definition) is 3. The molecule has 0 unspecified atom stereocenters. The van der Waals surface area contributed by atoms with Gasteiger partial charge in [-0.3, -0.25) is 7.05 Å². The SMILES string of the molecule is [CH2-]N(C)Cc1cc(C)no1. The molecule has 0 atom stereocenters. The zero-order chi connectivity index (χ0) is 7.56. The van der Waals surface area contributed by atoms with Gasteiger partial charge in [-0.15, -0.1) is 0 Å². The van der Waals surface area contributed by atoms with Gasteiger partial charge in [-0.1, -0.05) is 5.16 Å². The van der Waals surface area contributed by atoms with Gasteiger partial charge in [0, 0.05) is 12.6 Å². The van der Waals surface area contributed by atoms with Crippen LogP contribution >= 0.6 is 0 Å². The monoisotopic (exact) mass is 139 g/mol. The predicted molar refractivity (Wildman–Crippen MR) is 38.1 cm³/mol. The molecule has 0 amide bonds. The lowest BCUT2D eigenvalue weighted by atomic mass is 10.4. The summed E-state index contributed by atoms with van der Waals surface area (Å²) >= 11 is 0. The first-order valence-corrected chi connectivity index (χ1v) is 3.12. The second-order valence-corrected chi connectivity index (χ2v) is 2.45. The summed E-state index contributed by atoms with van der Waals surface area (Å²) in [6.07, 6.45) is 0. The molecule has 0 saturated carbocycles. The highest BCUT2D eigenvalue weighted by atomic mass is 16.5. The first-order valence-electron chi connectivity index (χ1n) is 3.12. The fourth-order valence-corrected chi connectivity index (χ4v) is 0.757. The van der Waals surface area contributed by atoms with Crippen LogP contribution in [0.5, 0.6) is 0 Å². The van der Waals surface area contributed by atoms with Crippen molar-refractivity contribution in [2.75, 3.05) is 7.05 Å². The molecule has 1 rings (SSSR count). The molecule has 1 aromatic heterocycles. The van der Waals surface area contributed by atoms with Gasteiger partial charge < -0.3 is 9.42 Å². The van der Waals surface area contributed by atoms with Crippen LogP contribution in [0.25, 0.3) is 0 Å². The van der Waals surface area contributed by atoms with E-state index in [1.165, 1.54) is 0 Å². The normalized spacial score (nSPS) is 10.8. The third kappa shape index (κ3) is 1.84. The number of aromatic nitrogens is 1. The molecule has 3 heteroatoms. The van der Waals surface area contributed by atoms with Crippen molar-refractivity contribution in [1.29, 1.82) is 0 Å². The second kappa shape index (κ2) is 2.84. The van der Waals surface area contributed by atoms with Gasteiger partial charge in [0.05, 0.1) is 5.69 Å². The van der Waals surface area contributed by atoms with Crippen molar-refractivity contribution >= 4 is 0 Å². The molecule has 0 radical (unpaired) electrons. The molecule has 0 aliphatic rings. The largest absolute Gasteiger partial charge is 0.455 e. The van der Waals surface area contributed by atoms with Crippen LogP contribution in [0.1, 0.15) is 11.5 Å². The Morgan fingerprint density at radius 2 is 2.50 bits per heavy atom. The molecule has 1 aromatic rings. The molecule has 0 saturated heterocycles. The van der Waals surface area contributed by atoms with E-state index in [1.807, 2.05) is 20.0 Å². The van der Waals surface area contributed by atoms with Gasteiger partial charge in [0.1, 0.15) is 5.76 Å². The van der Waals surface area contributed by atoms with Crippen LogP contribution in [0.2, 0.25) is 0 Å². The number of hydrogen-bond donors (Lipinski definition) is 0. The Kier molecular flexibility index (Phi) is 2.06. The quantitative estimate of drug-likeness (QED) is 0.577. The molecular formula is C7H11N2O-. The van der Waals surface area contributed by atoms with Gasteiger partial charge in [0.2, 0.25) is 0 Å². The van der Waals surface area contributed by atoms with E-state index in [1.54, 1.807) is 4.90 Å². The number of rotatable bonds is 2. The summed E-state index contributed by atoms with van der Waals surface area (Å²) in [6.45, 7) is 2.61. The summed E-state index contributed by atoms with van der Waals surface area (Å²) in [5, 5.41) is 3.74. The van der Waals surface area contributed by atoms with E-state index >= 15 is 0 Å². The van der Waals surface area contributed by atoms with Crippen molar-refractivity contribution in [1.82, 2.24) is 10.1 Å². The fraction of sp³-hybridized carbons (Fsp3) is 0.429. The average molecular weight is 139 g/mol. The van der Waals surface area contributed by atoms with E-state index in [9.17, 15) is 0 Å². The zero-order valence-electron chi connectivity index (χ0n) is 6.29. The highest BCUT2D eigenvalue weighted by Crippen LogP contribution is 2.03. The molecule has 0 aromatic carbocycles. The topological polar surface area (TPSA) is 29.3 Å². The number of aryl methyl sites for hydroxylation is 1. The Bertz CT molecular complexity index is 205. The van der Waals surface area contributed by atoms with Crippen LogP contribution in [0.15, 0.2) is 10.6 Å². The standard InChI is InChI=1S/C7H11N2O/c1-6-4-7(10-8-6)5-9(2)3/h4H,2,5H2,1,3H3/q-1. The minimum Gasteiger partial charge on any atom is -0.455 e. The average Bonchev–Trinajstić information content (AvgIpc) is 2.13. The molecular weight excluding hydrogens is 128 g/mol. The Morgan fingerprint density at radius 1 is 1.80 bits per heavy atom. The van der Waals surface area contributed by atoms with Gasteiger partial charge in [-0.2, -0.15) is 0 Å². The van der Waals surface area contributed by atoms with Gasteiger partial charge in [0.25, 0.3) is 0 Å². The first kappa shape index (κ1) is 7.28. The van der Waals surface area contributed by atoms with E-state index in [-0.39, 0.29) is 0 Å². The van der Waals surface area contributed by atoms with Crippen LogP contribution in [0.3, 0.4) is 0 Å². The molecule has 0 N–H and O–H groups in total. The van der Waals surface area contributed by atoms with Crippen molar-refractivity contribution in [2.24, 2.45) is 0 Å². The Balaban J connectivity index is 2.58. The smallest absolute Gasteiger partial charge is 0.148 e. The Hall–Kier alpha value is -0.830. The molecule has 10 heavy (non-hydrogen) atoms. The van der Waals surface area contributed by atoms with E-state index < -0.39 is 0 Å². The second-order valence-electron chi connectivity index (χ2n) is 2.45. The summed E-state index contributed by atoms with van der Waals surface area (Å²) in [5.41, 5.74) is 0.914. The maximum Gasteiger partial charge on any atom is 0.148 e. The molecule has 0 aliphatic heterocycles. The van der Waals surface area contributed by atoms with E-state index in [2.05, 4.69) is 12.2 Å². The summed E-state index contributed by atoms with van der Waals surface area (Å²) < 4.78 is 4.94. The predicted octanol–water partition coefficient (Wildman–Crippen LogP) is 1.21. The van der Waals surface area contributed by atoms with Crippen LogP contribution in [-0.2, 0) is 6.54 Å². The summed E-state index contributed by atoms with van der Waals surface area (Å²) in [6, 6.07) is 1.90. The van der Waals surface area contributed by atoms with Crippen LogP contribution in [-0.4, -0.2) is 17.1 Å². The lowest BCUT2D eigenvalue weighted by Crippen LogP contribution is -2.06. The van der Waals surface area contributed by atoms with Crippen molar-refractivity contribution in [3.05, 3.63) is 24.6 Å². The third-order valence-corrected chi connectivity index (χ3v) is 1.10.